The lowest BCUT2D eigenvalue weighted by Crippen LogP contribution is -2.42. The predicted octanol–water partition coefficient (Wildman–Crippen LogP) is 2.52. The van der Waals surface area contributed by atoms with Crippen molar-refractivity contribution in [3.63, 3.8) is 0 Å². The molecule has 1 amide bonds. The zero-order valence-electron chi connectivity index (χ0n) is 18.1. The van der Waals surface area contributed by atoms with Gasteiger partial charge in [-0.2, -0.15) is 0 Å². The molecule has 0 spiro atoms. The highest BCUT2D eigenvalue weighted by Crippen LogP contribution is 2.26. The second kappa shape index (κ2) is 11.5. The number of methoxy groups -OCH3 is 1. The van der Waals surface area contributed by atoms with Gasteiger partial charge in [0.1, 0.15) is 11.9 Å². The van der Waals surface area contributed by atoms with Crippen LogP contribution in [0.1, 0.15) is 38.2 Å². The van der Waals surface area contributed by atoms with Crippen LogP contribution in [0.5, 0.6) is 5.75 Å². The maximum Gasteiger partial charge on any atom is 0.234 e. The molecule has 0 unspecified atom stereocenters. The van der Waals surface area contributed by atoms with Gasteiger partial charge < -0.3 is 19.7 Å². The number of likely N-dealkylation sites (tertiary alicyclic amines) is 1. The molecule has 1 fully saturated rings. The van der Waals surface area contributed by atoms with Crippen molar-refractivity contribution < 1.29 is 14.3 Å². The van der Waals surface area contributed by atoms with E-state index in [1.807, 2.05) is 18.2 Å². The van der Waals surface area contributed by atoms with Crippen molar-refractivity contribution in [1.29, 1.82) is 0 Å². The van der Waals surface area contributed by atoms with Crippen LogP contribution in [0.15, 0.2) is 24.3 Å². The van der Waals surface area contributed by atoms with E-state index >= 15 is 0 Å². The first-order valence-corrected chi connectivity index (χ1v) is 11.1. The fraction of sp³-hybridized carbons (Fsp3) is 0.696. The number of unbranched alkanes of at least 4 members (excludes halogenated alkanes) is 1. The Morgan fingerprint density at radius 1 is 1.28 bits per heavy atom. The number of nitrogens with zero attached hydrogens (tertiary/aromatic N) is 2. The Morgan fingerprint density at radius 2 is 2.14 bits per heavy atom. The molecule has 6 nitrogen and oxygen atoms in total. The van der Waals surface area contributed by atoms with Crippen LogP contribution in [0, 0.1) is 5.92 Å². The Balaban J connectivity index is 1.48. The van der Waals surface area contributed by atoms with E-state index in [0.29, 0.717) is 12.5 Å². The average molecular weight is 404 g/mol. The fourth-order valence-corrected chi connectivity index (χ4v) is 4.28. The molecule has 0 saturated carbocycles. The zero-order chi connectivity index (χ0) is 20.5. The van der Waals surface area contributed by atoms with Crippen molar-refractivity contribution in [1.82, 2.24) is 15.1 Å². The minimum Gasteiger partial charge on any atom is -0.489 e. The van der Waals surface area contributed by atoms with Gasteiger partial charge in [0.2, 0.25) is 5.91 Å². The Kier molecular flexibility index (Phi) is 8.77. The number of nitrogens with one attached hydrogen (secondary N) is 1. The molecule has 2 aliphatic heterocycles. The summed E-state index contributed by atoms with van der Waals surface area (Å²) in [5.41, 5.74) is 1.17. The molecule has 29 heavy (non-hydrogen) atoms. The summed E-state index contributed by atoms with van der Waals surface area (Å²) < 4.78 is 11.4. The number of para-hydroxylation sites is 1. The summed E-state index contributed by atoms with van der Waals surface area (Å²) in [7, 11) is 1.74. The molecule has 3 rings (SSSR count). The van der Waals surface area contributed by atoms with Gasteiger partial charge in [-0.15, -0.1) is 0 Å². The summed E-state index contributed by atoms with van der Waals surface area (Å²) in [4.78, 5) is 17.3. The molecule has 0 aromatic heterocycles. The molecule has 0 aliphatic carbocycles. The third-order valence-electron chi connectivity index (χ3n) is 5.94. The van der Waals surface area contributed by atoms with Crippen LogP contribution in [0.3, 0.4) is 0 Å². The number of hydrogen-bond acceptors (Lipinski definition) is 5. The first kappa shape index (κ1) is 22.1. The highest BCUT2D eigenvalue weighted by Gasteiger charge is 2.25. The van der Waals surface area contributed by atoms with Crippen LogP contribution in [0.4, 0.5) is 0 Å². The number of carbonyl (C=O) groups excluding carboxylic acids is 1. The highest BCUT2D eigenvalue weighted by molar-refractivity contribution is 5.78. The Bertz CT molecular complexity index is 640. The molecule has 0 radical (unpaired) electrons. The molecule has 2 heterocycles. The quantitative estimate of drug-likeness (QED) is 0.651. The van der Waals surface area contributed by atoms with Crippen LogP contribution in [0.2, 0.25) is 0 Å². The van der Waals surface area contributed by atoms with Gasteiger partial charge in [0.05, 0.1) is 13.2 Å². The minimum absolute atomic E-state index is 0.119. The Morgan fingerprint density at radius 3 is 2.97 bits per heavy atom. The van der Waals surface area contributed by atoms with Gasteiger partial charge in [0.25, 0.3) is 0 Å². The van der Waals surface area contributed by atoms with E-state index in [-0.39, 0.29) is 12.0 Å². The second-order valence-electron chi connectivity index (χ2n) is 8.41. The summed E-state index contributed by atoms with van der Waals surface area (Å²) in [6, 6.07) is 8.22. The van der Waals surface area contributed by atoms with E-state index in [4.69, 9.17) is 9.47 Å². The largest absolute Gasteiger partial charge is 0.489 e. The van der Waals surface area contributed by atoms with E-state index in [9.17, 15) is 4.79 Å². The molecular weight excluding hydrogens is 366 g/mol. The Hall–Kier alpha value is -1.63. The molecule has 0 bridgehead atoms. The SMILES string of the molecule is CCCC[C@@H]1CN(CC(=O)NC[C@H]2CCN(CCOC)C2)Cc2ccccc2O1. The van der Waals surface area contributed by atoms with Crippen molar-refractivity contribution in [3.05, 3.63) is 29.8 Å². The van der Waals surface area contributed by atoms with E-state index in [1.165, 1.54) is 5.56 Å². The van der Waals surface area contributed by atoms with Crippen molar-refractivity contribution >= 4 is 5.91 Å². The lowest BCUT2D eigenvalue weighted by molar-refractivity contribution is -0.122. The number of ether oxygens (including phenoxy) is 2. The summed E-state index contributed by atoms with van der Waals surface area (Å²) in [5.74, 6) is 1.63. The molecule has 6 heteroatoms. The second-order valence-corrected chi connectivity index (χ2v) is 8.41. The molecule has 1 aromatic rings. The number of benzene rings is 1. The van der Waals surface area contributed by atoms with Gasteiger partial charge in [0.15, 0.2) is 0 Å². The molecule has 2 aliphatic rings. The van der Waals surface area contributed by atoms with E-state index in [0.717, 1.165) is 77.3 Å². The highest BCUT2D eigenvalue weighted by atomic mass is 16.5. The minimum atomic E-state index is 0.119. The monoisotopic (exact) mass is 403 g/mol. The number of amides is 1. The van der Waals surface area contributed by atoms with Gasteiger partial charge in [-0.25, -0.2) is 0 Å². The Labute approximate surface area is 175 Å². The number of carbonyl (C=O) groups is 1. The normalized spacial score (nSPS) is 22.7. The van der Waals surface area contributed by atoms with E-state index < -0.39 is 0 Å². The number of hydrogen-bond donors (Lipinski definition) is 1. The summed E-state index contributed by atoms with van der Waals surface area (Å²) in [6.45, 7) is 8.87. The number of rotatable bonds is 10. The van der Waals surface area contributed by atoms with Gasteiger partial charge in [-0.1, -0.05) is 31.5 Å². The van der Waals surface area contributed by atoms with E-state index in [2.05, 4.69) is 28.1 Å². The molecule has 1 aromatic carbocycles. The third-order valence-corrected chi connectivity index (χ3v) is 5.94. The molecule has 1 saturated heterocycles. The van der Waals surface area contributed by atoms with Gasteiger partial charge in [-0.05, 0) is 37.8 Å². The topological polar surface area (TPSA) is 54.0 Å². The summed E-state index contributed by atoms with van der Waals surface area (Å²) in [5, 5.41) is 3.17. The van der Waals surface area contributed by atoms with Crippen LogP contribution < -0.4 is 10.1 Å². The van der Waals surface area contributed by atoms with Crippen molar-refractivity contribution in [2.24, 2.45) is 5.92 Å². The maximum absolute atomic E-state index is 12.6. The van der Waals surface area contributed by atoms with Gasteiger partial charge in [0, 0.05) is 45.4 Å². The predicted molar refractivity (Wildman–Crippen MR) is 115 cm³/mol. The third kappa shape index (κ3) is 6.98. The van der Waals surface area contributed by atoms with Crippen molar-refractivity contribution in [2.45, 2.75) is 45.3 Å². The molecule has 162 valence electrons. The van der Waals surface area contributed by atoms with Crippen molar-refractivity contribution in [2.75, 3.05) is 53.0 Å². The number of fused-ring (bicyclic) bond motifs is 1. The van der Waals surface area contributed by atoms with E-state index in [1.54, 1.807) is 7.11 Å². The maximum atomic E-state index is 12.6. The fourth-order valence-electron chi connectivity index (χ4n) is 4.28. The van der Waals surface area contributed by atoms with Gasteiger partial charge >= 0.3 is 0 Å². The van der Waals surface area contributed by atoms with Crippen LogP contribution in [-0.4, -0.2) is 74.8 Å². The molecule has 1 N–H and O–H groups in total. The van der Waals surface area contributed by atoms with Crippen LogP contribution in [-0.2, 0) is 16.1 Å². The lowest BCUT2D eigenvalue weighted by Gasteiger charge is -2.23. The average Bonchev–Trinajstić information content (AvgIpc) is 3.10. The summed E-state index contributed by atoms with van der Waals surface area (Å²) in [6.07, 6.45) is 4.63. The first-order chi connectivity index (χ1) is 14.2. The lowest BCUT2D eigenvalue weighted by atomic mass is 10.1. The molecular formula is C23H37N3O3. The zero-order valence-corrected chi connectivity index (χ0v) is 18.1. The van der Waals surface area contributed by atoms with Crippen molar-refractivity contribution in [3.8, 4) is 5.75 Å². The van der Waals surface area contributed by atoms with Crippen LogP contribution in [0.25, 0.3) is 0 Å². The summed E-state index contributed by atoms with van der Waals surface area (Å²) >= 11 is 0. The standard InChI is InChI=1S/C23H37N3O3/c1-3-4-8-21-17-26(16-20-7-5-6-9-22(20)29-21)18-23(27)24-14-19-10-11-25(15-19)12-13-28-2/h5-7,9,19,21H,3-4,8,10-18H2,1-2H3,(H,24,27)/t19-,21-/m1/s1. The smallest absolute Gasteiger partial charge is 0.234 e. The first-order valence-electron chi connectivity index (χ1n) is 11.1. The molecule has 2 atom stereocenters. The van der Waals surface area contributed by atoms with Crippen LogP contribution >= 0.6 is 0 Å². The van der Waals surface area contributed by atoms with Gasteiger partial charge in [-0.3, -0.25) is 9.69 Å².